The maximum absolute atomic E-state index is 13.2. The number of ketones is 2. The van der Waals surface area contributed by atoms with Gasteiger partial charge in [0.25, 0.3) is 0 Å². The number of phenolic OH excluding ortho intramolecular Hbond substituents is 1. The number of fused-ring (bicyclic) bond motifs is 1. The Kier molecular flexibility index (Phi) is 8.83. The summed E-state index contributed by atoms with van der Waals surface area (Å²) in [5.41, 5.74) is 2.58. The van der Waals surface area contributed by atoms with Crippen molar-refractivity contribution in [2.45, 2.75) is 76.2 Å². The van der Waals surface area contributed by atoms with Crippen molar-refractivity contribution in [3.8, 4) is 23.3 Å². The number of aliphatic hydroxyl groups is 1. The zero-order chi connectivity index (χ0) is 25.5. The summed E-state index contributed by atoms with van der Waals surface area (Å²) in [7, 11) is 1.48. The molecule has 0 aliphatic heterocycles. The van der Waals surface area contributed by atoms with Gasteiger partial charge in [-0.05, 0) is 54.0 Å². The summed E-state index contributed by atoms with van der Waals surface area (Å²) in [5.74, 6) is 5.89. The minimum absolute atomic E-state index is 0.0120. The van der Waals surface area contributed by atoms with Crippen LogP contribution in [0.4, 0.5) is 0 Å². The predicted octanol–water partition coefficient (Wildman–Crippen LogP) is 5.35. The van der Waals surface area contributed by atoms with E-state index in [2.05, 4.69) is 11.8 Å². The van der Waals surface area contributed by atoms with Gasteiger partial charge >= 0.3 is 0 Å². The van der Waals surface area contributed by atoms with Crippen LogP contribution in [0.3, 0.4) is 0 Å². The van der Waals surface area contributed by atoms with E-state index in [0.717, 1.165) is 23.1 Å². The zero-order valence-electron chi connectivity index (χ0n) is 21.0. The van der Waals surface area contributed by atoms with E-state index >= 15 is 0 Å². The van der Waals surface area contributed by atoms with Crippen molar-refractivity contribution >= 4 is 11.6 Å². The fourth-order valence-electron chi connectivity index (χ4n) is 5.58. The second kappa shape index (κ2) is 12.2. The number of carbonyl (C=O) groups is 2. The first-order chi connectivity index (χ1) is 17.5. The number of hydrogen-bond acceptors (Lipinski definition) is 5. The number of aromatic hydroxyl groups is 1. The molecule has 0 aromatic heterocycles. The second-order valence-electron chi connectivity index (χ2n) is 10.1. The number of aryl methyl sites for hydroxylation is 1. The molecule has 0 unspecified atom stereocenters. The fraction of sp³-hybridized carbons (Fsp3) is 0.484. The Balaban J connectivity index is 1.70. The summed E-state index contributed by atoms with van der Waals surface area (Å²) in [6.45, 7) is 0. The lowest BCUT2D eigenvalue weighted by molar-refractivity contribution is -0.141. The number of phenols is 1. The summed E-state index contributed by atoms with van der Waals surface area (Å²) in [5, 5.41) is 21.2. The highest BCUT2D eigenvalue weighted by atomic mass is 16.5. The maximum atomic E-state index is 13.2. The number of Topliss-reactive ketones (excluding diaryl/α,β-unsaturated/α-hetero) is 2. The topological polar surface area (TPSA) is 83.8 Å². The van der Waals surface area contributed by atoms with Crippen LogP contribution in [-0.4, -0.2) is 35.0 Å². The van der Waals surface area contributed by atoms with Crippen LogP contribution in [0.5, 0.6) is 11.5 Å². The molecule has 0 amide bonds. The average molecular weight is 489 g/mol. The van der Waals surface area contributed by atoms with Crippen LogP contribution >= 0.6 is 0 Å². The van der Waals surface area contributed by atoms with Crippen molar-refractivity contribution in [3.63, 3.8) is 0 Å². The minimum Gasteiger partial charge on any atom is -0.504 e. The first-order valence-electron chi connectivity index (χ1n) is 13.2. The molecule has 190 valence electrons. The maximum Gasteiger partial charge on any atom is 0.172 e. The molecule has 0 saturated heterocycles. The molecular weight excluding hydrogens is 452 g/mol. The van der Waals surface area contributed by atoms with Gasteiger partial charge in [-0.3, -0.25) is 9.59 Å². The summed E-state index contributed by atoms with van der Waals surface area (Å²) < 4.78 is 5.31. The second-order valence-corrected chi connectivity index (χ2v) is 10.1. The van der Waals surface area contributed by atoms with E-state index in [4.69, 9.17) is 4.74 Å². The van der Waals surface area contributed by atoms with Crippen LogP contribution in [0.25, 0.3) is 0 Å². The van der Waals surface area contributed by atoms with E-state index in [0.29, 0.717) is 30.9 Å². The Bertz CT molecular complexity index is 1120. The van der Waals surface area contributed by atoms with Gasteiger partial charge in [0.1, 0.15) is 0 Å². The van der Waals surface area contributed by atoms with Crippen molar-refractivity contribution in [2.75, 3.05) is 7.11 Å². The number of aliphatic hydroxyl groups excluding tert-OH is 1. The van der Waals surface area contributed by atoms with Crippen molar-refractivity contribution in [2.24, 2.45) is 11.8 Å². The average Bonchev–Trinajstić information content (AvgIpc) is 2.91. The van der Waals surface area contributed by atoms with Gasteiger partial charge in [-0.2, -0.15) is 0 Å². The van der Waals surface area contributed by atoms with Crippen LogP contribution in [0, 0.1) is 23.7 Å². The van der Waals surface area contributed by atoms with Crippen LogP contribution < -0.4 is 4.74 Å². The Morgan fingerprint density at radius 3 is 2.47 bits per heavy atom. The van der Waals surface area contributed by atoms with E-state index in [1.165, 1.54) is 39.2 Å². The van der Waals surface area contributed by atoms with Crippen molar-refractivity contribution in [1.82, 2.24) is 0 Å². The molecule has 0 heterocycles. The quantitative estimate of drug-likeness (QED) is 0.438. The molecule has 5 heteroatoms. The smallest absolute Gasteiger partial charge is 0.172 e. The lowest BCUT2D eigenvalue weighted by atomic mass is 9.81. The lowest BCUT2D eigenvalue weighted by Gasteiger charge is -2.24. The largest absolute Gasteiger partial charge is 0.504 e. The molecule has 2 aliphatic carbocycles. The van der Waals surface area contributed by atoms with Crippen LogP contribution in [0.2, 0.25) is 0 Å². The number of methoxy groups -OCH3 is 1. The molecule has 0 bridgehead atoms. The number of carbonyl (C=O) groups excluding carboxylic acids is 2. The molecular formula is C31H36O5. The van der Waals surface area contributed by atoms with Gasteiger partial charge < -0.3 is 14.9 Å². The number of benzene rings is 2. The van der Waals surface area contributed by atoms with Gasteiger partial charge in [0.2, 0.25) is 0 Å². The Morgan fingerprint density at radius 1 is 1.00 bits per heavy atom. The number of hydrogen-bond donors (Lipinski definition) is 2. The van der Waals surface area contributed by atoms with Crippen LogP contribution in [-0.2, 0) is 16.0 Å². The molecule has 2 N–H and O–H groups in total. The highest BCUT2D eigenvalue weighted by molar-refractivity contribution is 6.06. The molecule has 1 fully saturated rings. The van der Waals surface area contributed by atoms with Crippen molar-refractivity contribution < 1.29 is 24.5 Å². The first kappa shape index (κ1) is 26.0. The SMILES string of the molecule is COc1cc2c(cc1O)[C@H](c1ccccc1)C#CC[C@@H](CCC1CCCCC1)C(=O)[C@H](O)C(=O)CC2. The predicted molar refractivity (Wildman–Crippen MR) is 139 cm³/mol. The normalized spacial score (nSPS) is 23.6. The minimum atomic E-state index is -1.62. The van der Waals surface area contributed by atoms with Gasteiger partial charge in [0.05, 0.1) is 13.0 Å². The number of ether oxygens (including phenoxy) is 1. The summed E-state index contributed by atoms with van der Waals surface area (Å²) in [6.07, 6.45) is 6.73. The van der Waals surface area contributed by atoms with Gasteiger partial charge in [-0.15, -0.1) is 5.92 Å². The Labute approximate surface area is 213 Å². The Morgan fingerprint density at radius 2 is 1.75 bits per heavy atom. The summed E-state index contributed by atoms with van der Waals surface area (Å²) in [6, 6.07) is 13.2. The van der Waals surface area contributed by atoms with Gasteiger partial charge in [-0.25, -0.2) is 0 Å². The van der Waals surface area contributed by atoms with E-state index in [-0.39, 0.29) is 18.1 Å². The summed E-state index contributed by atoms with van der Waals surface area (Å²) in [4.78, 5) is 26.1. The highest BCUT2D eigenvalue weighted by Crippen LogP contribution is 2.37. The summed E-state index contributed by atoms with van der Waals surface area (Å²) >= 11 is 0. The van der Waals surface area contributed by atoms with Crippen molar-refractivity contribution in [1.29, 1.82) is 0 Å². The highest BCUT2D eigenvalue weighted by Gasteiger charge is 2.31. The van der Waals surface area contributed by atoms with E-state index in [1.807, 2.05) is 30.3 Å². The molecule has 2 aromatic carbocycles. The lowest BCUT2D eigenvalue weighted by Crippen LogP contribution is -2.35. The standard InChI is InChI=1S/C31H36O5/c1-36-29-19-24-17-18-27(32)31(35)30(34)23(16-15-21-9-4-2-5-10-21)13-8-14-25(26(24)20-28(29)33)22-11-6-3-7-12-22/h3,6-7,11-12,19-21,23,25,31,33,35H,2,4-5,9-10,13,15-18H2,1H3/t23-,25-,31+/m0/s1. The zero-order valence-corrected chi connectivity index (χ0v) is 21.0. The van der Waals surface area contributed by atoms with Crippen LogP contribution in [0.15, 0.2) is 42.5 Å². The van der Waals surface area contributed by atoms with Gasteiger partial charge in [0.15, 0.2) is 29.2 Å². The van der Waals surface area contributed by atoms with Gasteiger partial charge in [0, 0.05) is 18.8 Å². The first-order valence-corrected chi connectivity index (χ1v) is 13.2. The molecule has 2 aromatic rings. The third-order valence-corrected chi connectivity index (χ3v) is 7.75. The monoisotopic (exact) mass is 488 g/mol. The molecule has 2 aliphatic rings. The van der Waals surface area contributed by atoms with Crippen LogP contribution in [0.1, 0.15) is 80.4 Å². The molecule has 36 heavy (non-hydrogen) atoms. The number of rotatable bonds is 5. The van der Waals surface area contributed by atoms with E-state index in [1.54, 1.807) is 12.1 Å². The van der Waals surface area contributed by atoms with Crippen molar-refractivity contribution in [3.05, 3.63) is 59.2 Å². The molecule has 0 spiro atoms. The van der Waals surface area contributed by atoms with E-state index in [9.17, 15) is 19.8 Å². The molecule has 5 nitrogen and oxygen atoms in total. The molecule has 0 radical (unpaired) electrons. The third kappa shape index (κ3) is 6.17. The fourth-order valence-corrected chi connectivity index (χ4v) is 5.58. The molecule has 4 rings (SSSR count). The third-order valence-electron chi connectivity index (χ3n) is 7.75. The molecule has 3 atom stereocenters. The van der Waals surface area contributed by atoms with Gasteiger partial charge in [-0.1, -0.05) is 68.4 Å². The Hall–Kier alpha value is -3.10. The van der Waals surface area contributed by atoms with E-state index < -0.39 is 23.6 Å². The molecule has 1 saturated carbocycles.